The van der Waals surface area contributed by atoms with Crippen molar-refractivity contribution in [1.82, 2.24) is 4.57 Å². The van der Waals surface area contributed by atoms with E-state index in [1.165, 1.54) is 33.2 Å². The minimum absolute atomic E-state index is 0. The summed E-state index contributed by atoms with van der Waals surface area (Å²) in [4.78, 5) is 0. The number of fused-ring (bicyclic) bond motifs is 1. The van der Waals surface area contributed by atoms with Crippen LogP contribution in [0.1, 0.15) is 34.6 Å². The molecule has 4 heteroatoms. The number of aromatic nitrogens is 1. The Labute approximate surface area is 194 Å². The van der Waals surface area contributed by atoms with Crippen molar-refractivity contribution in [2.45, 2.75) is 34.6 Å². The Morgan fingerprint density at radius 1 is 0.889 bits per heavy atom. The van der Waals surface area contributed by atoms with Crippen LogP contribution in [0.15, 0.2) is 77.6 Å². The minimum atomic E-state index is 0. The molecule has 144 valence electrons. The maximum atomic E-state index is 3.44. The summed E-state index contributed by atoms with van der Waals surface area (Å²) in [5, 5.41) is 2.61. The summed E-state index contributed by atoms with van der Waals surface area (Å²) in [5.41, 5.74) is 5.65. The van der Waals surface area contributed by atoms with Crippen molar-refractivity contribution < 1.29 is 25.8 Å². The zero-order chi connectivity index (χ0) is 17.3. The second-order valence-corrected chi connectivity index (χ2v) is 7.02. The Morgan fingerprint density at radius 2 is 1.48 bits per heavy atom. The van der Waals surface area contributed by atoms with Crippen LogP contribution < -0.4 is 0 Å². The first kappa shape index (κ1) is 26.0. The fraction of sp³-hybridized carbons (Fsp3) is 0.261. The van der Waals surface area contributed by atoms with Gasteiger partial charge in [0.1, 0.15) is 0 Å². The Balaban J connectivity index is 0.000000473. The van der Waals surface area contributed by atoms with Crippen LogP contribution >= 0.6 is 24.8 Å². The molecule has 1 nitrogen and oxygen atoms in total. The van der Waals surface area contributed by atoms with Crippen LogP contribution in [0.5, 0.6) is 0 Å². The van der Waals surface area contributed by atoms with Gasteiger partial charge in [-0.15, -0.1) is 43.9 Å². The summed E-state index contributed by atoms with van der Waals surface area (Å²) in [7, 11) is 0. The Hall–Kier alpha value is -0.960. The van der Waals surface area contributed by atoms with E-state index >= 15 is 0 Å². The van der Waals surface area contributed by atoms with E-state index in [4.69, 9.17) is 0 Å². The zero-order valence-electron chi connectivity index (χ0n) is 16.5. The van der Waals surface area contributed by atoms with Crippen LogP contribution in [0.4, 0.5) is 0 Å². The fourth-order valence-corrected chi connectivity index (χ4v) is 3.26. The molecule has 0 atom stereocenters. The third-order valence-corrected chi connectivity index (χ3v) is 5.10. The van der Waals surface area contributed by atoms with E-state index in [0.717, 1.165) is 0 Å². The van der Waals surface area contributed by atoms with Gasteiger partial charge in [-0.05, 0) is 18.1 Å². The van der Waals surface area contributed by atoms with Gasteiger partial charge in [0.15, 0.2) is 0 Å². The van der Waals surface area contributed by atoms with Crippen LogP contribution in [-0.4, -0.2) is 4.57 Å². The monoisotopic (exact) mass is 567 g/mol. The molecular formula is C23H27Cl2HfN-2. The molecule has 1 aromatic heterocycles. The van der Waals surface area contributed by atoms with Crippen LogP contribution in [0.3, 0.4) is 0 Å². The third-order valence-electron chi connectivity index (χ3n) is 5.10. The molecule has 0 saturated heterocycles. The third kappa shape index (κ3) is 5.53. The molecule has 3 aromatic rings. The van der Waals surface area contributed by atoms with E-state index in [2.05, 4.69) is 94.1 Å². The second-order valence-electron chi connectivity index (χ2n) is 7.02. The van der Waals surface area contributed by atoms with Crippen molar-refractivity contribution in [3.05, 3.63) is 83.7 Å². The van der Waals surface area contributed by atoms with E-state index < -0.39 is 0 Å². The molecule has 0 saturated carbocycles. The molecule has 1 aliphatic rings. The van der Waals surface area contributed by atoms with Gasteiger partial charge in [-0.3, -0.25) is 6.08 Å². The van der Waals surface area contributed by atoms with Gasteiger partial charge >= 0.3 is 0 Å². The van der Waals surface area contributed by atoms with E-state index in [9.17, 15) is 0 Å². The van der Waals surface area contributed by atoms with Gasteiger partial charge in [0.05, 0.1) is 0 Å². The SMILES string of the molecule is CC1=[C-]C(C)(C)C(C)=C1C.Cl.Cl.[Hf].c1ccc2c(c1)cc[c-]2-n1cccc1. The van der Waals surface area contributed by atoms with Gasteiger partial charge in [-0.25, -0.2) is 5.57 Å². The van der Waals surface area contributed by atoms with Gasteiger partial charge in [0.2, 0.25) is 0 Å². The number of nitrogens with zero attached hydrogens (tertiary/aromatic N) is 1. The number of hydrogen-bond acceptors (Lipinski definition) is 0. The molecule has 27 heavy (non-hydrogen) atoms. The molecule has 1 aliphatic carbocycles. The van der Waals surface area contributed by atoms with Crippen LogP contribution in [-0.2, 0) is 25.8 Å². The smallest absolute Gasteiger partial charge is 0 e. The van der Waals surface area contributed by atoms with Gasteiger partial charge < -0.3 is 4.57 Å². The number of hydrogen-bond donors (Lipinski definition) is 0. The van der Waals surface area contributed by atoms with Crippen molar-refractivity contribution in [2.24, 2.45) is 5.41 Å². The average Bonchev–Trinajstić information content (AvgIpc) is 3.25. The van der Waals surface area contributed by atoms with Crippen LogP contribution in [0.25, 0.3) is 16.5 Å². The average molecular weight is 567 g/mol. The van der Waals surface area contributed by atoms with Crippen LogP contribution in [0, 0.1) is 11.5 Å². The van der Waals surface area contributed by atoms with Gasteiger partial charge in [0, 0.05) is 25.8 Å². The van der Waals surface area contributed by atoms with Crippen LogP contribution in [0.2, 0.25) is 0 Å². The first-order valence-corrected chi connectivity index (χ1v) is 8.48. The molecule has 0 radical (unpaired) electrons. The molecular weight excluding hydrogens is 540 g/mol. The maximum absolute atomic E-state index is 3.44. The van der Waals surface area contributed by atoms with Crippen molar-refractivity contribution >= 4 is 35.6 Å². The second kappa shape index (κ2) is 10.5. The Bertz CT molecular complexity index is 915. The predicted octanol–water partition coefficient (Wildman–Crippen LogP) is 7.30. The summed E-state index contributed by atoms with van der Waals surface area (Å²) >= 11 is 0. The normalized spacial score (nSPS) is 14.3. The van der Waals surface area contributed by atoms with E-state index in [1.807, 2.05) is 12.1 Å². The maximum Gasteiger partial charge on any atom is 0 e. The summed E-state index contributed by atoms with van der Waals surface area (Å²) in [6.07, 6.45) is 7.58. The molecule has 4 rings (SSSR count). The fourth-order valence-electron chi connectivity index (χ4n) is 3.26. The van der Waals surface area contributed by atoms with Gasteiger partial charge in [0.25, 0.3) is 0 Å². The molecule has 0 aliphatic heterocycles. The number of allylic oxidation sites excluding steroid dienone is 4. The van der Waals surface area contributed by atoms with E-state index in [0.29, 0.717) is 0 Å². The quantitative estimate of drug-likeness (QED) is 0.215. The zero-order valence-corrected chi connectivity index (χ0v) is 21.8. The molecule has 0 bridgehead atoms. The number of halogens is 2. The number of benzene rings is 1. The number of rotatable bonds is 1. The Kier molecular flexibility index (Phi) is 10.2. The van der Waals surface area contributed by atoms with Crippen molar-refractivity contribution in [2.75, 3.05) is 0 Å². The minimum Gasteiger partial charge on any atom is -0.403 e. The van der Waals surface area contributed by atoms with Crippen molar-refractivity contribution in [3.8, 4) is 5.69 Å². The molecule has 0 unspecified atom stereocenters. The summed E-state index contributed by atoms with van der Waals surface area (Å²) in [6.45, 7) is 10.9. The molecule has 0 spiro atoms. The summed E-state index contributed by atoms with van der Waals surface area (Å²) in [5.74, 6) is 0. The Morgan fingerprint density at radius 3 is 1.96 bits per heavy atom. The summed E-state index contributed by atoms with van der Waals surface area (Å²) < 4.78 is 2.14. The van der Waals surface area contributed by atoms with Gasteiger partial charge in [-0.2, -0.15) is 11.1 Å². The topological polar surface area (TPSA) is 4.93 Å². The molecule has 1 heterocycles. The standard InChI is InChI=1S/C13H10N.C10H15.2ClH.Hf/c1-2-6-12-11(5-1)7-8-13(12)14-9-3-4-10-14;1-7-6-10(4,5)9(3)8(7)2;;;/h1-10H;1-5H3;2*1H;/q2*-1;;;. The molecule has 2 aromatic carbocycles. The van der Waals surface area contributed by atoms with Gasteiger partial charge in [-0.1, -0.05) is 80.3 Å². The first-order chi connectivity index (χ1) is 11.4. The van der Waals surface area contributed by atoms with Crippen molar-refractivity contribution in [1.29, 1.82) is 0 Å². The van der Waals surface area contributed by atoms with E-state index in [-0.39, 0.29) is 56.1 Å². The summed E-state index contributed by atoms with van der Waals surface area (Å²) in [6, 6.07) is 16.9. The first-order valence-electron chi connectivity index (χ1n) is 8.48. The predicted molar refractivity (Wildman–Crippen MR) is 118 cm³/mol. The van der Waals surface area contributed by atoms with Crippen molar-refractivity contribution in [3.63, 3.8) is 0 Å². The molecule has 0 N–H and O–H groups in total. The molecule has 0 amide bonds. The largest absolute Gasteiger partial charge is 0.403 e. The molecule has 0 fully saturated rings. The van der Waals surface area contributed by atoms with E-state index in [1.54, 1.807) is 0 Å².